The van der Waals surface area contributed by atoms with Gasteiger partial charge in [-0.05, 0) is 50.3 Å². The molecule has 0 radical (unpaired) electrons. The molecule has 0 aliphatic rings. The summed E-state index contributed by atoms with van der Waals surface area (Å²) in [6.45, 7) is 4.45. The maximum Gasteiger partial charge on any atom is 0.242 e. The summed E-state index contributed by atoms with van der Waals surface area (Å²) < 4.78 is 1.87. The van der Waals surface area contributed by atoms with E-state index in [0.717, 1.165) is 23.0 Å². The third-order valence-corrected chi connectivity index (χ3v) is 4.71. The molecule has 4 nitrogen and oxygen atoms in total. The number of amides is 1. The number of hydrogen-bond donors (Lipinski definition) is 1. The maximum absolute atomic E-state index is 12.1. The monoisotopic (exact) mass is 337 g/mol. The van der Waals surface area contributed by atoms with Crippen molar-refractivity contribution in [2.24, 2.45) is 0 Å². The Bertz CT molecular complexity index is 612. The van der Waals surface area contributed by atoms with Crippen LogP contribution in [0.5, 0.6) is 0 Å². The Hall–Kier alpha value is -1.46. The van der Waals surface area contributed by atoms with Crippen molar-refractivity contribution >= 4 is 29.3 Å². The summed E-state index contributed by atoms with van der Waals surface area (Å²) in [5, 5.41) is 3.72. The molecule has 2 aromatic rings. The van der Waals surface area contributed by atoms with E-state index in [1.165, 1.54) is 4.90 Å². The molecule has 1 aromatic carbocycles. The molecule has 0 aliphatic heterocycles. The Morgan fingerprint density at radius 3 is 2.77 bits per heavy atom. The fourth-order valence-corrected chi connectivity index (χ4v) is 3.05. The molecular weight excluding hydrogens is 318 g/mol. The highest BCUT2D eigenvalue weighted by Gasteiger charge is 2.15. The Labute approximate surface area is 140 Å². The lowest BCUT2D eigenvalue weighted by atomic mass is 10.3. The molecule has 0 fully saturated rings. The molecule has 0 saturated heterocycles. The summed E-state index contributed by atoms with van der Waals surface area (Å²) in [6, 6.07) is 7.57. The zero-order chi connectivity index (χ0) is 15.9. The van der Waals surface area contributed by atoms with Crippen molar-refractivity contribution in [2.75, 3.05) is 12.3 Å². The summed E-state index contributed by atoms with van der Waals surface area (Å²) in [4.78, 5) is 17.4. The van der Waals surface area contributed by atoms with Crippen LogP contribution in [0, 0.1) is 6.92 Å². The highest BCUT2D eigenvalue weighted by Crippen LogP contribution is 2.20. The minimum absolute atomic E-state index is 0.0255. The fourth-order valence-electron chi connectivity index (χ4n) is 2.08. The second-order valence-electron chi connectivity index (χ2n) is 5.00. The summed E-state index contributed by atoms with van der Waals surface area (Å²) in [6.07, 6.45) is 4.46. The van der Waals surface area contributed by atoms with E-state index in [-0.39, 0.29) is 11.9 Å². The molecule has 1 N–H and O–H groups in total. The van der Waals surface area contributed by atoms with Gasteiger partial charge in [0.1, 0.15) is 11.9 Å². The van der Waals surface area contributed by atoms with Gasteiger partial charge in [-0.15, -0.1) is 11.8 Å². The van der Waals surface area contributed by atoms with E-state index in [2.05, 4.69) is 10.3 Å². The largest absolute Gasteiger partial charge is 0.354 e. The van der Waals surface area contributed by atoms with Crippen molar-refractivity contribution in [1.82, 2.24) is 14.9 Å². The molecule has 0 spiro atoms. The fraction of sp³-hybridized carbons (Fsp3) is 0.375. The second-order valence-corrected chi connectivity index (χ2v) is 6.61. The SMILES string of the molecule is Cc1nccn1C(C)C(=O)NCCCSc1ccc(Cl)cc1. The highest BCUT2D eigenvalue weighted by atomic mass is 35.5. The van der Waals surface area contributed by atoms with E-state index < -0.39 is 0 Å². The van der Waals surface area contributed by atoms with Gasteiger partial charge >= 0.3 is 0 Å². The predicted molar refractivity (Wildman–Crippen MR) is 91.5 cm³/mol. The van der Waals surface area contributed by atoms with Crippen molar-refractivity contribution in [3.63, 3.8) is 0 Å². The van der Waals surface area contributed by atoms with E-state index >= 15 is 0 Å². The molecule has 22 heavy (non-hydrogen) atoms. The van der Waals surface area contributed by atoms with Crippen molar-refractivity contribution in [3.8, 4) is 0 Å². The van der Waals surface area contributed by atoms with Crippen LogP contribution in [-0.2, 0) is 4.79 Å². The minimum Gasteiger partial charge on any atom is -0.354 e. The summed E-state index contributed by atoms with van der Waals surface area (Å²) in [5.74, 6) is 1.83. The number of hydrogen-bond acceptors (Lipinski definition) is 3. The Kier molecular flexibility index (Phi) is 6.34. The van der Waals surface area contributed by atoms with Gasteiger partial charge in [-0.3, -0.25) is 4.79 Å². The van der Waals surface area contributed by atoms with E-state index in [1.807, 2.05) is 48.9 Å². The van der Waals surface area contributed by atoms with Crippen molar-refractivity contribution in [2.45, 2.75) is 31.2 Å². The van der Waals surface area contributed by atoms with Crippen LogP contribution in [0.4, 0.5) is 0 Å². The van der Waals surface area contributed by atoms with Gasteiger partial charge in [0.15, 0.2) is 0 Å². The molecule has 6 heteroatoms. The third kappa shape index (κ3) is 4.78. The number of benzene rings is 1. The Balaban J connectivity index is 1.67. The van der Waals surface area contributed by atoms with Crippen LogP contribution >= 0.6 is 23.4 Å². The van der Waals surface area contributed by atoms with Crippen LogP contribution in [0.25, 0.3) is 0 Å². The third-order valence-electron chi connectivity index (χ3n) is 3.36. The molecule has 1 heterocycles. The van der Waals surface area contributed by atoms with Crippen molar-refractivity contribution < 1.29 is 4.79 Å². The first kappa shape index (κ1) is 16.9. The van der Waals surface area contributed by atoms with Crippen molar-refractivity contribution in [3.05, 3.63) is 47.5 Å². The lowest BCUT2D eigenvalue weighted by molar-refractivity contribution is -0.123. The Morgan fingerprint density at radius 1 is 1.41 bits per heavy atom. The molecule has 1 unspecified atom stereocenters. The average Bonchev–Trinajstić information content (AvgIpc) is 2.94. The number of aryl methyl sites for hydroxylation is 1. The molecule has 0 saturated carbocycles. The summed E-state index contributed by atoms with van der Waals surface area (Å²) in [5.41, 5.74) is 0. The van der Waals surface area contributed by atoms with Crippen LogP contribution in [0.1, 0.15) is 25.2 Å². The van der Waals surface area contributed by atoms with E-state index in [4.69, 9.17) is 11.6 Å². The first-order valence-corrected chi connectivity index (χ1v) is 8.60. The molecule has 118 valence electrons. The smallest absolute Gasteiger partial charge is 0.242 e. The van der Waals surface area contributed by atoms with Gasteiger partial charge in [-0.1, -0.05) is 11.6 Å². The van der Waals surface area contributed by atoms with Crippen LogP contribution in [0.15, 0.2) is 41.6 Å². The number of rotatable bonds is 7. The van der Waals surface area contributed by atoms with E-state index in [9.17, 15) is 4.79 Å². The summed E-state index contributed by atoms with van der Waals surface area (Å²) >= 11 is 7.61. The number of nitrogens with zero attached hydrogens (tertiary/aromatic N) is 2. The van der Waals surface area contributed by atoms with Crippen LogP contribution in [-0.4, -0.2) is 27.8 Å². The number of nitrogens with one attached hydrogen (secondary N) is 1. The molecular formula is C16H20ClN3OS. The number of aromatic nitrogens is 2. The van der Waals surface area contributed by atoms with Gasteiger partial charge in [-0.2, -0.15) is 0 Å². The summed E-state index contributed by atoms with van der Waals surface area (Å²) in [7, 11) is 0. The first-order valence-electron chi connectivity index (χ1n) is 7.23. The zero-order valence-electron chi connectivity index (χ0n) is 12.8. The maximum atomic E-state index is 12.1. The predicted octanol–water partition coefficient (Wildman–Crippen LogP) is 3.70. The average molecular weight is 338 g/mol. The van der Waals surface area contributed by atoms with Gasteiger partial charge < -0.3 is 9.88 Å². The van der Waals surface area contributed by atoms with Crippen molar-refractivity contribution in [1.29, 1.82) is 0 Å². The highest BCUT2D eigenvalue weighted by molar-refractivity contribution is 7.99. The first-order chi connectivity index (χ1) is 10.6. The quantitative estimate of drug-likeness (QED) is 0.619. The molecule has 0 aliphatic carbocycles. The van der Waals surface area contributed by atoms with Crippen LogP contribution in [0.3, 0.4) is 0 Å². The van der Waals surface area contributed by atoms with Gasteiger partial charge in [0.2, 0.25) is 5.91 Å². The van der Waals surface area contributed by atoms with E-state index in [1.54, 1.807) is 18.0 Å². The zero-order valence-corrected chi connectivity index (χ0v) is 14.3. The lowest BCUT2D eigenvalue weighted by Gasteiger charge is -2.15. The minimum atomic E-state index is -0.230. The van der Waals surface area contributed by atoms with Gasteiger partial charge in [-0.25, -0.2) is 4.98 Å². The van der Waals surface area contributed by atoms with Crippen LogP contribution < -0.4 is 5.32 Å². The second kappa shape index (κ2) is 8.25. The standard InChI is InChI=1S/C16H20ClN3OS/c1-12(20-10-9-18-13(20)2)16(21)19-8-3-11-22-15-6-4-14(17)5-7-15/h4-7,9-10,12H,3,8,11H2,1-2H3,(H,19,21). The van der Waals surface area contributed by atoms with Gasteiger partial charge in [0, 0.05) is 28.9 Å². The molecule has 1 aromatic heterocycles. The van der Waals surface area contributed by atoms with Crippen LogP contribution in [0.2, 0.25) is 5.02 Å². The number of carbonyl (C=O) groups excluding carboxylic acids is 1. The number of halogens is 1. The molecule has 1 atom stereocenters. The Morgan fingerprint density at radius 2 is 2.14 bits per heavy atom. The van der Waals surface area contributed by atoms with Gasteiger partial charge in [0.25, 0.3) is 0 Å². The molecule has 0 bridgehead atoms. The molecule has 2 rings (SSSR count). The van der Waals surface area contributed by atoms with E-state index in [0.29, 0.717) is 6.54 Å². The lowest BCUT2D eigenvalue weighted by Crippen LogP contribution is -2.32. The number of thioether (sulfide) groups is 1. The van der Waals surface area contributed by atoms with Gasteiger partial charge in [0.05, 0.1) is 0 Å². The number of imidazole rings is 1. The normalized spacial score (nSPS) is 12.1. The topological polar surface area (TPSA) is 46.9 Å². The number of carbonyl (C=O) groups is 1. The molecule has 1 amide bonds.